The number of carboxylic acid groups (broad SMARTS) is 1. The number of carbonyl (C=O) groups excluding carboxylic acids is 2. The minimum atomic E-state index is -1.07. The normalized spacial score (nSPS) is 27.0. The molecule has 2 rings (SSSR count). The van der Waals surface area contributed by atoms with Crippen molar-refractivity contribution >= 4 is 11.9 Å². The molecule has 1 aromatic heterocycles. The van der Waals surface area contributed by atoms with E-state index in [9.17, 15) is 14.7 Å². The lowest BCUT2D eigenvalue weighted by atomic mass is 9.65. The van der Waals surface area contributed by atoms with Gasteiger partial charge in [-0.3, -0.25) is 9.48 Å². The molecule has 0 spiro atoms. The van der Waals surface area contributed by atoms with Gasteiger partial charge in [-0.05, 0) is 39.0 Å². The zero-order valence-electron chi connectivity index (χ0n) is 15.5. The number of hydrogen-bond donors (Lipinski definition) is 1. The van der Waals surface area contributed by atoms with Crippen LogP contribution in [0.1, 0.15) is 64.8 Å². The van der Waals surface area contributed by atoms with E-state index in [1.165, 1.54) is 0 Å². The fraction of sp³-hybridized carbons (Fsp3) is 0.722. The number of hydrogen-bond acceptors (Lipinski definition) is 4. The molecule has 0 aromatic carbocycles. The van der Waals surface area contributed by atoms with Crippen LogP contribution in [0, 0.1) is 23.7 Å². The van der Waals surface area contributed by atoms with E-state index in [1.807, 2.05) is 45.5 Å². The molecule has 1 saturated carbocycles. The number of nitrogens with one attached hydrogen (secondary N) is 1. The van der Waals surface area contributed by atoms with Gasteiger partial charge in [0, 0.05) is 35.6 Å². The maximum Gasteiger partial charge on any atom is 0.224 e. The predicted molar refractivity (Wildman–Crippen MR) is 88.8 cm³/mol. The van der Waals surface area contributed by atoms with Crippen LogP contribution in [0.25, 0.3) is 0 Å². The lowest BCUT2D eigenvalue weighted by Crippen LogP contribution is -2.50. The van der Waals surface area contributed by atoms with Crippen LogP contribution in [0.3, 0.4) is 0 Å². The second-order valence-electron chi connectivity index (χ2n) is 7.69. The standard InChI is InChI=1S/C18H29N3O3/c1-7-21-10-13(12(3)20-21)11(2)19-15(22)14-8-9-18(6,16(23)24)17(14,4)5/h10-11,14H,7-9H2,1-6H3,(H,19,22)(H,23,24)/p-1. The maximum atomic E-state index is 12.8. The van der Waals surface area contributed by atoms with E-state index >= 15 is 0 Å². The number of carboxylic acids is 1. The van der Waals surface area contributed by atoms with Crippen molar-refractivity contribution in [2.45, 2.75) is 67.0 Å². The minimum absolute atomic E-state index is 0.0962. The second kappa shape index (κ2) is 6.22. The van der Waals surface area contributed by atoms with E-state index in [0.29, 0.717) is 12.8 Å². The van der Waals surface area contributed by atoms with E-state index in [1.54, 1.807) is 6.92 Å². The Hall–Kier alpha value is -1.85. The van der Waals surface area contributed by atoms with Crippen LogP contribution in [0.2, 0.25) is 0 Å². The zero-order chi connectivity index (χ0) is 18.3. The van der Waals surface area contributed by atoms with Gasteiger partial charge < -0.3 is 15.2 Å². The summed E-state index contributed by atoms with van der Waals surface area (Å²) in [6, 6.07) is -0.164. The molecule has 0 bridgehead atoms. The Morgan fingerprint density at radius 3 is 2.54 bits per heavy atom. The molecule has 1 aliphatic carbocycles. The van der Waals surface area contributed by atoms with Crippen LogP contribution in [-0.2, 0) is 16.1 Å². The number of aliphatic carboxylic acids is 1. The first kappa shape index (κ1) is 18.5. The number of aromatic nitrogens is 2. The van der Waals surface area contributed by atoms with Gasteiger partial charge in [0.15, 0.2) is 0 Å². The highest BCUT2D eigenvalue weighted by atomic mass is 16.4. The average Bonchev–Trinajstić information content (AvgIpc) is 2.98. The molecular weight excluding hydrogens is 306 g/mol. The smallest absolute Gasteiger partial charge is 0.224 e. The molecule has 3 unspecified atom stereocenters. The molecule has 24 heavy (non-hydrogen) atoms. The molecule has 6 heteroatoms. The summed E-state index contributed by atoms with van der Waals surface area (Å²) in [6.45, 7) is 12.0. The quantitative estimate of drug-likeness (QED) is 0.885. The highest BCUT2D eigenvalue weighted by Crippen LogP contribution is 2.55. The van der Waals surface area contributed by atoms with Crippen LogP contribution < -0.4 is 10.4 Å². The third kappa shape index (κ3) is 2.82. The Balaban J connectivity index is 2.15. The van der Waals surface area contributed by atoms with E-state index in [-0.39, 0.29) is 17.9 Å². The molecule has 1 aromatic rings. The largest absolute Gasteiger partial charge is 0.550 e. The highest BCUT2D eigenvalue weighted by Gasteiger charge is 2.54. The van der Waals surface area contributed by atoms with Crippen molar-refractivity contribution in [3.05, 3.63) is 17.5 Å². The first-order valence-electron chi connectivity index (χ1n) is 8.60. The van der Waals surface area contributed by atoms with Crippen molar-refractivity contribution in [2.75, 3.05) is 0 Å². The molecule has 0 radical (unpaired) electrons. The lowest BCUT2D eigenvalue weighted by Gasteiger charge is -2.42. The average molecular weight is 334 g/mol. The fourth-order valence-electron chi connectivity index (χ4n) is 3.84. The molecule has 1 amide bonds. The molecule has 1 heterocycles. The first-order valence-corrected chi connectivity index (χ1v) is 8.60. The van der Waals surface area contributed by atoms with Gasteiger partial charge in [0.05, 0.1) is 11.7 Å². The highest BCUT2D eigenvalue weighted by molar-refractivity contribution is 5.83. The fourth-order valence-corrected chi connectivity index (χ4v) is 3.84. The van der Waals surface area contributed by atoms with Crippen molar-refractivity contribution in [3.63, 3.8) is 0 Å². The number of rotatable bonds is 5. The van der Waals surface area contributed by atoms with Gasteiger partial charge in [-0.1, -0.05) is 20.8 Å². The summed E-state index contributed by atoms with van der Waals surface area (Å²) in [6.07, 6.45) is 2.97. The van der Waals surface area contributed by atoms with Crippen LogP contribution in [0.5, 0.6) is 0 Å². The monoisotopic (exact) mass is 334 g/mol. The first-order chi connectivity index (χ1) is 11.0. The SMILES string of the molecule is CCn1cc(C(C)NC(=O)C2CCC(C)(C(=O)[O-])C2(C)C)c(C)n1. The summed E-state index contributed by atoms with van der Waals surface area (Å²) < 4.78 is 1.85. The van der Waals surface area contributed by atoms with Gasteiger partial charge in [0.1, 0.15) is 0 Å². The van der Waals surface area contributed by atoms with Crippen molar-refractivity contribution in [3.8, 4) is 0 Å². The molecule has 0 aliphatic heterocycles. The zero-order valence-corrected chi connectivity index (χ0v) is 15.5. The second-order valence-corrected chi connectivity index (χ2v) is 7.69. The molecule has 6 nitrogen and oxygen atoms in total. The van der Waals surface area contributed by atoms with Crippen molar-refractivity contribution in [1.82, 2.24) is 15.1 Å². The number of nitrogens with zero attached hydrogens (tertiary/aromatic N) is 2. The molecular formula is C18H28N3O3-. The molecule has 0 saturated heterocycles. The van der Waals surface area contributed by atoms with E-state index in [2.05, 4.69) is 10.4 Å². The van der Waals surface area contributed by atoms with Crippen molar-refractivity contribution in [2.24, 2.45) is 16.7 Å². The number of carbonyl (C=O) groups is 2. The Bertz CT molecular complexity index is 650. The third-order valence-corrected chi connectivity index (χ3v) is 6.13. The van der Waals surface area contributed by atoms with Crippen molar-refractivity contribution < 1.29 is 14.7 Å². The van der Waals surface area contributed by atoms with Crippen LogP contribution in [-0.4, -0.2) is 21.7 Å². The third-order valence-electron chi connectivity index (χ3n) is 6.13. The van der Waals surface area contributed by atoms with Gasteiger partial charge in [0.25, 0.3) is 0 Å². The van der Waals surface area contributed by atoms with Gasteiger partial charge >= 0.3 is 0 Å². The number of aryl methyl sites for hydroxylation is 2. The summed E-state index contributed by atoms with van der Waals surface area (Å²) >= 11 is 0. The minimum Gasteiger partial charge on any atom is -0.550 e. The van der Waals surface area contributed by atoms with E-state index < -0.39 is 16.8 Å². The molecule has 3 atom stereocenters. The maximum absolute atomic E-state index is 12.8. The summed E-state index contributed by atoms with van der Waals surface area (Å²) in [4.78, 5) is 24.4. The summed E-state index contributed by atoms with van der Waals surface area (Å²) in [5.41, 5.74) is 0.248. The Morgan fingerprint density at radius 2 is 2.08 bits per heavy atom. The Labute approximate surface area is 143 Å². The predicted octanol–water partition coefficient (Wildman–Crippen LogP) is 1.58. The van der Waals surface area contributed by atoms with Crippen LogP contribution in [0.15, 0.2) is 6.20 Å². The van der Waals surface area contributed by atoms with Gasteiger partial charge in [0.2, 0.25) is 5.91 Å². The van der Waals surface area contributed by atoms with E-state index in [4.69, 9.17) is 0 Å². The lowest BCUT2D eigenvalue weighted by molar-refractivity contribution is -0.323. The van der Waals surface area contributed by atoms with Crippen LogP contribution >= 0.6 is 0 Å². The van der Waals surface area contributed by atoms with Gasteiger partial charge in [-0.15, -0.1) is 0 Å². The van der Waals surface area contributed by atoms with Crippen molar-refractivity contribution in [1.29, 1.82) is 0 Å². The van der Waals surface area contributed by atoms with Gasteiger partial charge in [-0.25, -0.2) is 0 Å². The Morgan fingerprint density at radius 1 is 1.46 bits per heavy atom. The summed E-state index contributed by atoms with van der Waals surface area (Å²) in [5.74, 6) is -1.51. The number of amides is 1. The van der Waals surface area contributed by atoms with E-state index in [0.717, 1.165) is 17.8 Å². The van der Waals surface area contributed by atoms with Gasteiger partial charge in [-0.2, -0.15) is 5.10 Å². The van der Waals surface area contributed by atoms with Crippen LogP contribution in [0.4, 0.5) is 0 Å². The molecule has 1 N–H and O–H groups in total. The summed E-state index contributed by atoms with van der Waals surface area (Å²) in [5, 5.41) is 19.0. The topological polar surface area (TPSA) is 87.0 Å². The Kier molecular flexibility index (Phi) is 4.79. The summed E-state index contributed by atoms with van der Waals surface area (Å²) in [7, 11) is 0. The molecule has 1 fully saturated rings. The molecule has 134 valence electrons. The molecule has 1 aliphatic rings.